The van der Waals surface area contributed by atoms with Crippen LogP contribution in [0.5, 0.6) is 0 Å². The molecule has 0 aliphatic carbocycles. The van der Waals surface area contributed by atoms with Gasteiger partial charge in [-0.2, -0.15) is 0 Å². The third kappa shape index (κ3) is 4.12. The van der Waals surface area contributed by atoms with Gasteiger partial charge in [0.2, 0.25) is 0 Å². The number of methoxy groups -OCH3 is 1. The number of ether oxygens (including phenoxy) is 1. The van der Waals surface area contributed by atoms with Gasteiger partial charge in [0.25, 0.3) is 0 Å². The van der Waals surface area contributed by atoms with Gasteiger partial charge in [-0.1, -0.05) is 0 Å². The van der Waals surface area contributed by atoms with Crippen LogP contribution in [-0.4, -0.2) is 25.4 Å². The molecule has 0 saturated heterocycles. The molecule has 0 spiro atoms. The molecule has 0 amide bonds. The summed E-state index contributed by atoms with van der Waals surface area (Å²) in [5.41, 5.74) is 1.36. The normalized spacial score (nSPS) is 9.94. The van der Waals surface area contributed by atoms with Crippen molar-refractivity contribution in [2.75, 3.05) is 25.6 Å². The lowest BCUT2D eigenvalue weighted by Gasteiger charge is -2.10. The van der Waals surface area contributed by atoms with Crippen LogP contribution >= 0.6 is 12.2 Å². The Kier molecular flexibility index (Phi) is 5.14. The van der Waals surface area contributed by atoms with Crippen LogP contribution in [0, 0.1) is 12.7 Å². The summed E-state index contributed by atoms with van der Waals surface area (Å²) in [5.74, 6) is -0.219. The van der Waals surface area contributed by atoms with Crippen LogP contribution < -0.4 is 10.6 Å². The molecule has 0 radical (unpaired) electrons. The standard InChI is InChI=1S/C11H15FN2OS/c1-8-7-9(3-4-10(8)12)14-11(16)13-5-6-15-2/h3-4,7H,5-6H2,1-2H3,(H2,13,14,16). The maximum absolute atomic E-state index is 13.0. The average Bonchev–Trinajstić information content (AvgIpc) is 2.24. The van der Waals surface area contributed by atoms with Gasteiger partial charge >= 0.3 is 0 Å². The summed E-state index contributed by atoms with van der Waals surface area (Å²) in [6.07, 6.45) is 0. The lowest BCUT2D eigenvalue weighted by atomic mass is 10.2. The van der Waals surface area contributed by atoms with Crippen molar-refractivity contribution < 1.29 is 9.13 Å². The van der Waals surface area contributed by atoms with Crippen LogP contribution in [0.3, 0.4) is 0 Å². The van der Waals surface area contributed by atoms with E-state index in [1.54, 1.807) is 26.2 Å². The molecule has 2 N–H and O–H groups in total. The van der Waals surface area contributed by atoms with Gasteiger partial charge in [0.1, 0.15) is 5.82 Å². The van der Waals surface area contributed by atoms with Crippen molar-refractivity contribution in [3.8, 4) is 0 Å². The van der Waals surface area contributed by atoms with Gasteiger partial charge in [0.15, 0.2) is 5.11 Å². The largest absolute Gasteiger partial charge is 0.383 e. The highest BCUT2D eigenvalue weighted by molar-refractivity contribution is 7.80. The predicted octanol–water partition coefficient (Wildman–Crippen LogP) is 2.07. The van der Waals surface area contributed by atoms with Crippen molar-refractivity contribution in [3.63, 3.8) is 0 Å². The highest BCUT2D eigenvalue weighted by Gasteiger charge is 2.00. The number of anilines is 1. The first-order chi connectivity index (χ1) is 7.63. The lowest BCUT2D eigenvalue weighted by Crippen LogP contribution is -2.31. The monoisotopic (exact) mass is 242 g/mol. The van der Waals surface area contributed by atoms with Crippen LogP contribution in [-0.2, 0) is 4.74 Å². The van der Waals surface area contributed by atoms with Crippen LogP contribution in [0.25, 0.3) is 0 Å². The molecule has 0 aliphatic heterocycles. The molecular formula is C11H15FN2OS. The van der Waals surface area contributed by atoms with E-state index in [0.29, 0.717) is 23.8 Å². The lowest BCUT2D eigenvalue weighted by molar-refractivity contribution is 0.204. The Morgan fingerprint density at radius 2 is 2.25 bits per heavy atom. The van der Waals surface area contributed by atoms with Crippen molar-refractivity contribution in [2.24, 2.45) is 0 Å². The molecule has 0 atom stereocenters. The molecule has 16 heavy (non-hydrogen) atoms. The van der Waals surface area contributed by atoms with Crippen LogP contribution in [0.1, 0.15) is 5.56 Å². The minimum Gasteiger partial charge on any atom is -0.383 e. The van der Waals surface area contributed by atoms with Gasteiger partial charge in [-0.15, -0.1) is 0 Å². The summed E-state index contributed by atoms with van der Waals surface area (Å²) in [6.45, 7) is 2.94. The number of halogens is 1. The van der Waals surface area contributed by atoms with Crippen molar-refractivity contribution in [1.82, 2.24) is 5.32 Å². The van der Waals surface area contributed by atoms with Gasteiger partial charge in [-0.05, 0) is 42.9 Å². The summed E-state index contributed by atoms with van der Waals surface area (Å²) in [4.78, 5) is 0. The molecule has 88 valence electrons. The summed E-state index contributed by atoms with van der Waals surface area (Å²) in [6, 6.07) is 4.77. The number of hydrogen-bond donors (Lipinski definition) is 2. The molecule has 1 aromatic carbocycles. The van der Waals surface area contributed by atoms with E-state index in [0.717, 1.165) is 5.69 Å². The Hall–Kier alpha value is -1.20. The topological polar surface area (TPSA) is 33.3 Å². The minimum atomic E-state index is -0.219. The van der Waals surface area contributed by atoms with E-state index in [2.05, 4.69) is 10.6 Å². The third-order valence-electron chi connectivity index (χ3n) is 2.01. The number of hydrogen-bond acceptors (Lipinski definition) is 2. The summed E-state index contributed by atoms with van der Waals surface area (Å²) in [5, 5.41) is 6.44. The Balaban J connectivity index is 2.46. The first-order valence-electron chi connectivity index (χ1n) is 4.93. The predicted molar refractivity (Wildman–Crippen MR) is 67.2 cm³/mol. The van der Waals surface area contributed by atoms with Gasteiger partial charge < -0.3 is 15.4 Å². The minimum absolute atomic E-state index is 0.219. The molecule has 5 heteroatoms. The second-order valence-corrected chi connectivity index (χ2v) is 3.75. The maximum Gasteiger partial charge on any atom is 0.170 e. The number of aryl methyl sites for hydroxylation is 1. The van der Waals surface area contributed by atoms with E-state index >= 15 is 0 Å². The SMILES string of the molecule is COCCNC(=S)Nc1ccc(F)c(C)c1. The molecule has 0 aromatic heterocycles. The number of nitrogens with one attached hydrogen (secondary N) is 2. The van der Waals surface area contributed by atoms with E-state index in [4.69, 9.17) is 17.0 Å². The van der Waals surface area contributed by atoms with Crippen LogP contribution in [0.2, 0.25) is 0 Å². The molecule has 0 saturated carbocycles. The van der Waals surface area contributed by atoms with E-state index in [9.17, 15) is 4.39 Å². The molecule has 0 aliphatic rings. The zero-order valence-electron chi connectivity index (χ0n) is 9.34. The molecule has 0 heterocycles. The summed E-state index contributed by atoms with van der Waals surface area (Å²) < 4.78 is 17.9. The Morgan fingerprint density at radius 1 is 1.50 bits per heavy atom. The van der Waals surface area contributed by atoms with E-state index in [-0.39, 0.29) is 5.82 Å². The fourth-order valence-corrected chi connectivity index (χ4v) is 1.38. The summed E-state index contributed by atoms with van der Waals surface area (Å²) in [7, 11) is 1.63. The van der Waals surface area contributed by atoms with E-state index in [1.807, 2.05) is 0 Å². The van der Waals surface area contributed by atoms with Crippen molar-refractivity contribution >= 4 is 23.0 Å². The second-order valence-electron chi connectivity index (χ2n) is 3.34. The first kappa shape index (κ1) is 12.9. The van der Waals surface area contributed by atoms with Gasteiger partial charge in [-0.25, -0.2) is 4.39 Å². The highest BCUT2D eigenvalue weighted by atomic mass is 32.1. The molecule has 0 fully saturated rings. The average molecular weight is 242 g/mol. The quantitative estimate of drug-likeness (QED) is 0.625. The second kappa shape index (κ2) is 6.40. The van der Waals surface area contributed by atoms with E-state index < -0.39 is 0 Å². The number of benzene rings is 1. The first-order valence-corrected chi connectivity index (χ1v) is 5.34. The third-order valence-corrected chi connectivity index (χ3v) is 2.25. The number of thiocarbonyl (C=S) groups is 1. The zero-order chi connectivity index (χ0) is 12.0. The summed E-state index contributed by atoms with van der Waals surface area (Å²) >= 11 is 5.05. The fourth-order valence-electron chi connectivity index (χ4n) is 1.16. The molecule has 0 unspecified atom stereocenters. The van der Waals surface area contributed by atoms with Crippen LogP contribution in [0.4, 0.5) is 10.1 Å². The zero-order valence-corrected chi connectivity index (χ0v) is 10.2. The maximum atomic E-state index is 13.0. The van der Waals surface area contributed by atoms with Crippen LogP contribution in [0.15, 0.2) is 18.2 Å². The van der Waals surface area contributed by atoms with Crippen molar-refractivity contribution in [2.45, 2.75) is 6.92 Å². The number of rotatable bonds is 4. The molecule has 3 nitrogen and oxygen atoms in total. The Morgan fingerprint density at radius 3 is 2.88 bits per heavy atom. The molecule has 1 aromatic rings. The van der Waals surface area contributed by atoms with Gasteiger partial charge in [0.05, 0.1) is 6.61 Å². The Labute approximate surface area is 100.0 Å². The fraction of sp³-hybridized carbons (Fsp3) is 0.364. The molecular weight excluding hydrogens is 227 g/mol. The molecule has 0 bridgehead atoms. The smallest absolute Gasteiger partial charge is 0.170 e. The van der Waals surface area contributed by atoms with E-state index in [1.165, 1.54) is 6.07 Å². The van der Waals surface area contributed by atoms with Crippen molar-refractivity contribution in [1.29, 1.82) is 0 Å². The Bertz CT molecular complexity index is 371. The van der Waals surface area contributed by atoms with Gasteiger partial charge in [-0.3, -0.25) is 0 Å². The van der Waals surface area contributed by atoms with Crippen molar-refractivity contribution in [3.05, 3.63) is 29.6 Å². The molecule has 1 rings (SSSR count). The van der Waals surface area contributed by atoms with Gasteiger partial charge in [0, 0.05) is 19.3 Å². The highest BCUT2D eigenvalue weighted by Crippen LogP contribution is 2.13.